The highest BCUT2D eigenvalue weighted by Crippen LogP contribution is 2.30. The van der Waals surface area contributed by atoms with Gasteiger partial charge in [-0.3, -0.25) is 0 Å². The fourth-order valence-corrected chi connectivity index (χ4v) is 2.73. The molecule has 0 amide bonds. The van der Waals surface area contributed by atoms with E-state index in [-0.39, 0.29) is 6.54 Å². The van der Waals surface area contributed by atoms with Crippen LogP contribution in [0.2, 0.25) is 0 Å². The van der Waals surface area contributed by atoms with E-state index in [0.717, 1.165) is 22.3 Å². The number of hydrogen-bond donors (Lipinski definition) is 2. The van der Waals surface area contributed by atoms with Crippen molar-refractivity contribution in [2.45, 2.75) is 26.3 Å². The number of rotatable bonds is 8. The van der Waals surface area contributed by atoms with Gasteiger partial charge in [-0.15, -0.1) is 11.3 Å². The van der Waals surface area contributed by atoms with Gasteiger partial charge in [0.1, 0.15) is 5.01 Å². The summed E-state index contributed by atoms with van der Waals surface area (Å²) in [6, 6.07) is 9.83. The van der Waals surface area contributed by atoms with Crippen molar-refractivity contribution in [3.05, 3.63) is 52.0 Å². The molecule has 0 saturated carbocycles. The lowest BCUT2D eigenvalue weighted by molar-refractivity contribution is -0.140. The van der Waals surface area contributed by atoms with Crippen molar-refractivity contribution < 1.29 is 17.9 Å². The third-order valence-corrected chi connectivity index (χ3v) is 4.04. The Kier molecular flexibility index (Phi) is 7.86. The van der Waals surface area contributed by atoms with E-state index in [4.69, 9.17) is 4.74 Å². The normalized spacial score (nSPS) is 12.2. The van der Waals surface area contributed by atoms with Gasteiger partial charge in [-0.25, -0.2) is 9.98 Å². The number of nitrogens with zero attached hydrogens (tertiary/aromatic N) is 2. The summed E-state index contributed by atoms with van der Waals surface area (Å²) >= 11 is 0.948. The average Bonchev–Trinajstić information content (AvgIpc) is 3.09. The molecule has 2 aromatic rings. The highest BCUT2D eigenvalue weighted by atomic mass is 32.1. The number of thiazole rings is 1. The summed E-state index contributed by atoms with van der Waals surface area (Å²) in [6.07, 6.45) is -4.42. The van der Waals surface area contributed by atoms with Crippen molar-refractivity contribution in [1.29, 1.82) is 0 Å². The van der Waals surface area contributed by atoms with Crippen molar-refractivity contribution in [2.75, 3.05) is 19.7 Å². The van der Waals surface area contributed by atoms with Crippen molar-refractivity contribution in [3.63, 3.8) is 0 Å². The monoisotopic (exact) mass is 386 g/mol. The second-order valence-electron chi connectivity index (χ2n) is 5.28. The maximum atomic E-state index is 12.6. The van der Waals surface area contributed by atoms with E-state index in [1.54, 1.807) is 0 Å². The van der Waals surface area contributed by atoms with Crippen molar-refractivity contribution in [1.82, 2.24) is 15.6 Å². The van der Waals surface area contributed by atoms with Crippen LogP contribution in [0.5, 0.6) is 0 Å². The molecule has 0 fully saturated rings. The zero-order valence-corrected chi connectivity index (χ0v) is 15.2. The second kappa shape index (κ2) is 10.1. The molecule has 0 unspecified atom stereocenters. The van der Waals surface area contributed by atoms with Gasteiger partial charge in [0.25, 0.3) is 0 Å². The highest BCUT2D eigenvalue weighted by Gasteiger charge is 2.33. The third-order valence-electron chi connectivity index (χ3n) is 3.21. The van der Waals surface area contributed by atoms with Gasteiger partial charge < -0.3 is 15.4 Å². The van der Waals surface area contributed by atoms with Gasteiger partial charge >= 0.3 is 6.18 Å². The predicted molar refractivity (Wildman–Crippen MR) is 96.0 cm³/mol. The summed E-state index contributed by atoms with van der Waals surface area (Å²) in [6.45, 7) is 4.17. The molecule has 0 radical (unpaired) electrons. The highest BCUT2D eigenvalue weighted by molar-refractivity contribution is 7.09. The Labute approximate surface area is 154 Å². The first-order valence-corrected chi connectivity index (χ1v) is 9.02. The fourth-order valence-electron chi connectivity index (χ4n) is 2.01. The number of halogens is 3. The second-order valence-corrected chi connectivity index (χ2v) is 6.23. The minimum atomic E-state index is -4.42. The number of ether oxygens (including phenoxy) is 1. The quantitative estimate of drug-likeness (QED) is 0.415. The molecule has 0 spiro atoms. The van der Waals surface area contributed by atoms with Gasteiger partial charge in [-0.1, -0.05) is 30.3 Å². The van der Waals surface area contributed by atoms with Gasteiger partial charge in [0, 0.05) is 18.5 Å². The lowest BCUT2D eigenvalue weighted by atomic mass is 10.2. The smallest absolute Gasteiger partial charge is 0.375 e. The molecule has 142 valence electrons. The van der Waals surface area contributed by atoms with Crippen molar-refractivity contribution >= 4 is 17.3 Å². The Hall–Kier alpha value is -2.13. The molecule has 0 atom stereocenters. The van der Waals surface area contributed by atoms with E-state index in [0.29, 0.717) is 37.3 Å². The van der Waals surface area contributed by atoms with E-state index in [9.17, 15) is 13.2 Å². The van der Waals surface area contributed by atoms with E-state index < -0.39 is 11.9 Å². The molecule has 2 rings (SSSR count). The number of aliphatic imine (C=N–C) groups is 1. The first kappa shape index (κ1) is 20.2. The zero-order valence-electron chi connectivity index (χ0n) is 14.3. The summed E-state index contributed by atoms with van der Waals surface area (Å²) in [7, 11) is 0. The minimum Gasteiger partial charge on any atom is -0.375 e. The molecule has 2 N–H and O–H groups in total. The number of nitrogens with one attached hydrogen (secondary N) is 2. The molecule has 1 aromatic carbocycles. The lowest BCUT2D eigenvalue weighted by Crippen LogP contribution is -2.38. The molecule has 5 nitrogen and oxygen atoms in total. The molecule has 0 aliphatic heterocycles. The number of alkyl halides is 3. The van der Waals surface area contributed by atoms with E-state index in [2.05, 4.69) is 20.6 Å². The van der Waals surface area contributed by atoms with E-state index in [1.807, 2.05) is 37.3 Å². The Morgan fingerprint density at radius 2 is 2.00 bits per heavy atom. The SMILES string of the molecule is CCNC(=NCc1nc(C(F)(F)F)cs1)NCCOCc1ccccc1. The predicted octanol–water partition coefficient (Wildman–Crippen LogP) is 3.43. The number of aromatic nitrogens is 1. The van der Waals surface area contributed by atoms with Crippen LogP contribution >= 0.6 is 11.3 Å². The molecule has 0 aliphatic rings. The summed E-state index contributed by atoms with van der Waals surface area (Å²) in [5.74, 6) is 0.513. The molecule has 26 heavy (non-hydrogen) atoms. The van der Waals surface area contributed by atoms with Gasteiger partial charge in [0.2, 0.25) is 0 Å². The maximum Gasteiger partial charge on any atom is 0.434 e. The van der Waals surface area contributed by atoms with Crippen LogP contribution in [0.25, 0.3) is 0 Å². The van der Waals surface area contributed by atoms with Gasteiger partial charge in [0.15, 0.2) is 11.7 Å². The molecular weight excluding hydrogens is 365 g/mol. The largest absolute Gasteiger partial charge is 0.434 e. The number of benzene rings is 1. The molecule has 1 aromatic heterocycles. The molecule has 0 bridgehead atoms. The summed E-state index contributed by atoms with van der Waals surface area (Å²) < 4.78 is 43.2. The van der Waals surface area contributed by atoms with Gasteiger partial charge in [-0.05, 0) is 12.5 Å². The zero-order chi connectivity index (χ0) is 18.8. The third kappa shape index (κ3) is 7.01. The first-order chi connectivity index (χ1) is 12.5. The average molecular weight is 386 g/mol. The molecule has 9 heteroatoms. The Morgan fingerprint density at radius 1 is 1.23 bits per heavy atom. The summed E-state index contributed by atoms with van der Waals surface area (Å²) in [5, 5.41) is 7.44. The van der Waals surface area contributed by atoms with Crippen molar-refractivity contribution in [3.8, 4) is 0 Å². The lowest BCUT2D eigenvalue weighted by Gasteiger charge is -2.11. The van der Waals surface area contributed by atoms with Crippen LogP contribution in [-0.4, -0.2) is 30.6 Å². The van der Waals surface area contributed by atoms with Crippen LogP contribution in [0.4, 0.5) is 13.2 Å². The van der Waals surface area contributed by atoms with Gasteiger partial charge in [-0.2, -0.15) is 13.2 Å². The van der Waals surface area contributed by atoms with Gasteiger partial charge in [0.05, 0.1) is 19.8 Å². The molecule has 1 heterocycles. The fraction of sp³-hybridized carbons (Fsp3) is 0.412. The number of guanidine groups is 1. The Bertz CT molecular complexity index is 689. The van der Waals surface area contributed by atoms with Crippen LogP contribution in [0.1, 0.15) is 23.2 Å². The topological polar surface area (TPSA) is 58.5 Å². The van der Waals surface area contributed by atoms with Crippen LogP contribution in [0, 0.1) is 0 Å². The van der Waals surface area contributed by atoms with Crippen LogP contribution in [0.15, 0.2) is 40.7 Å². The molecule has 0 aliphatic carbocycles. The van der Waals surface area contributed by atoms with Crippen LogP contribution in [0.3, 0.4) is 0 Å². The standard InChI is InChI=1S/C17H21F3N4OS/c1-2-21-16(22-8-9-25-11-13-6-4-3-5-7-13)23-10-15-24-14(12-26-15)17(18,19)20/h3-7,12H,2,8-11H2,1H3,(H2,21,22,23). The maximum absolute atomic E-state index is 12.6. The van der Waals surface area contributed by atoms with Crippen LogP contribution in [-0.2, 0) is 24.1 Å². The Balaban J connectivity index is 1.76. The van der Waals surface area contributed by atoms with E-state index in [1.165, 1.54) is 0 Å². The summed E-state index contributed by atoms with van der Waals surface area (Å²) in [5.41, 5.74) is 0.220. The minimum absolute atomic E-state index is 0.0843. The van der Waals surface area contributed by atoms with Crippen LogP contribution < -0.4 is 10.6 Å². The molecular formula is C17H21F3N4OS. The van der Waals surface area contributed by atoms with Crippen molar-refractivity contribution in [2.24, 2.45) is 4.99 Å². The number of hydrogen-bond acceptors (Lipinski definition) is 4. The summed E-state index contributed by atoms with van der Waals surface area (Å²) in [4.78, 5) is 7.82. The Morgan fingerprint density at radius 3 is 2.65 bits per heavy atom. The first-order valence-electron chi connectivity index (χ1n) is 8.14. The molecule has 0 saturated heterocycles. The van der Waals surface area contributed by atoms with E-state index >= 15 is 0 Å².